The molecule has 5 rings (SSSR count). The van der Waals surface area contributed by atoms with Crippen LogP contribution in [0.1, 0.15) is 70.8 Å². The van der Waals surface area contributed by atoms with E-state index in [-0.39, 0.29) is 18.1 Å². The summed E-state index contributed by atoms with van der Waals surface area (Å²) in [6, 6.07) is 29.3. The van der Waals surface area contributed by atoms with Gasteiger partial charge in [-0.15, -0.1) is 0 Å². The van der Waals surface area contributed by atoms with Crippen LogP contribution in [0.5, 0.6) is 5.75 Å². The van der Waals surface area contributed by atoms with E-state index >= 15 is 0 Å². The summed E-state index contributed by atoms with van der Waals surface area (Å²) in [4.78, 5) is 11.5. The average Bonchev–Trinajstić information content (AvgIpc) is 2.90. The smallest absolute Gasteiger partial charge is 0.335 e. The largest absolute Gasteiger partial charge is 0.490 e. The number of fused-ring (bicyclic) bond motifs is 2. The van der Waals surface area contributed by atoms with Crippen LogP contribution in [0.3, 0.4) is 0 Å². The van der Waals surface area contributed by atoms with E-state index in [0.717, 1.165) is 42.7 Å². The van der Waals surface area contributed by atoms with E-state index in [1.54, 1.807) is 6.07 Å². The molecule has 2 N–H and O–H groups in total. The van der Waals surface area contributed by atoms with Crippen LogP contribution >= 0.6 is 0 Å². The van der Waals surface area contributed by atoms with Crippen molar-refractivity contribution in [1.29, 1.82) is 0 Å². The van der Waals surface area contributed by atoms with Gasteiger partial charge in [-0.1, -0.05) is 72.8 Å². The minimum absolute atomic E-state index is 0.124. The van der Waals surface area contributed by atoms with Crippen molar-refractivity contribution < 1.29 is 14.6 Å². The second kappa shape index (κ2) is 10.5. The Kier molecular flexibility index (Phi) is 7.06. The lowest BCUT2D eigenvalue weighted by molar-refractivity contribution is 0.0696. The minimum atomic E-state index is -0.880. The number of ether oxygens (including phenoxy) is 1. The number of para-hydroxylation sites is 1. The van der Waals surface area contributed by atoms with Crippen molar-refractivity contribution >= 4 is 16.7 Å². The van der Waals surface area contributed by atoms with E-state index < -0.39 is 5.97 Å². The normalized spacial score (nSPS) is 17.8. The Morgan fingerprint density at radius 3 is 2.64 bits per heavy atom. The average molecular weight is 480 g/mol. The minimum Gasteiger partial charge on any atom is -0.490 e. The molecule has 0 aromatic heterocycles. The summed E-state index contributed by atoms with van der Waals surface area (Å²) >= 11 is 0. The second-order valence-corrected chi connectivity index (χ2v) is 9.83. The van der Waals surface area contributed by atoms with Gasteiger partial charge in [-0.25, -0.2) is 4.79 Å². The third-order valence-corrected chi connectivity index (χ3v) is 7.41. The Morgan fingerprint density at radius 1 is 1.03 bits per heavy atom. The molecule has 4 aromatic carbocycles. The first kappa shape index (κ1) is 24.1. The highest BCUT2D eigenvalue weighted by atomic mass is 16.5. The van der Waals surface area contributed by atoms with Gasteiger partial charge in [-0.2, -0.15) is 0 Å². The predicted molar refractivity (Wildman–Crippen MR) is 145 cm³/mol. The number of aryl methyl sites for hydroxylation is 1. The summed E-state index contributed by atoms with van der Waals surface area (Å²) < 4.78 is 6.40. The highest BCUT2D eigenvalue weighted by Crippen LogP contribution is 2.41. The molecule has 1 aliphatic heterocycles. The zero-order valence-corrected chi connectivity index (χ0v) is 20.9. The van der Waals surface area contributed by atoms with Crippen LogP contribution in [0.4, 0.5) is 0 Å². The Bertz CT molecular complexity index is 1370. The summed E-state index contributed by atoms with van der Waals surface area (Å²) in [5.41, 5.74) is 4.82. The molecular weight excluding hydrogens is 446 g/mol. The standard InChI is InChI=1S/C32H33NO3/c1-21-19-24(16-17-26(21)32(34)35)30-20-25(36-31-15-6-5-13-29(30)31)11-8-18-33-22(2)27-14-7-10-23-9-3-4-12-28(23)27/h3-7,9-10,12-17,19,22,25,30,33H,8,11,18,20H2,1-2H3,(H,34,35)/t22-,25?,30?/m1/s1. The van der Waals surface area contributed by atoms with Crippen LogP contribution in [-0.4, -0.2) is 23.7 Å². The maximum atomic E-state index is 11.5. The van der Waals surface area contributed by atoms with Crippen molar-refractivity contribution in [3.8, 4) is 5.75 Å². The van der Waals surface area contributed by atoms with Crippen molar-refractivity contribution in [3.05, 3.63) is 113 Å². The first-order valence-electron chi connectivity index (χ1n) is 12.8. The van der Waals surface area contributed by atoms with Gasteiger partial charge in [0, 0.05) is 17.5 Å². The third-order valence-electron chi connectivity index (χ3n) is 7.41. The lowest BCUT2D eigenvalue weighted by Gasteiger charge is -2.33. The second-order valence-electron chi connectivity index (χ2n) is 9.83. The van der Waals surface area contributed by atoms with Crippen molar-refractivity contribution in [1.82, 2.24) is 5.32 Å². The number of carboxylic acids is 1. The van der Waals surface area contributed by atoms with Gasteiger partial charge >= 0.3 is 5.97 Å². The van der Waals surface area contributed by atoms with Crippen molar-refractivity contribution in [2.45, 2.75) is 51.2 Å². The topological polar surface area (TPSA) is 58.6 Å². The van der Waals surface area contributed by atoms with E-state index in [4.69, 9.17) is 4.74 Å². The number of hydrogen-bond donors (Lipinski definition) is 2. The molecule has 4 nitrogen and oxygen atoms in total. The predicted octanol–water partition coefficient (Wildman–Crippen LogP) is 7.26. The van der Waals surface area contributed by atoms with Crippen LogP contribution in [0.2, 0.25) is 0 Å². The summed E-state index contributed by atoms with van der Waals surface area (Å²) in [5.74, 6) is 0.259. The molecule has 0 fully saturated rings. The number of carboxylic acid groups (broad SMARTS) is 1. The SMILES string of the molecule is Cc1cc(C2CC(CCCN[C@H](C)c3cccc4ccccc34)Oc3ccccc32)ccc1C(=O)O. The summed E-state index contributed by atoms with van der Waals surface area (Å²) in [6.45, 7) is 5.02. The molecule has 0 radical (unpaired) electrons. The van der Waals surface area contributed by atoms with Crippen molar-refractivity contribution in [3.63, 3.8) is 0 Å². The fourth-order valence-electron chi connectivity index (χ4n) is 5.52. The van der Waals surface area contributed by atoms with Gasteiger partial charge < -0.3 is 15.2 Å². The molecule has 0 spiro atoms. The molecule has 0 amide bonds. The molecule has 0 bridgehead atoms. The molecule has 4 heteroatoms. The lowest BCUT2D eigenvalue weighted by Crippen LogP contribution is -2.28. The number of rotatable bonds is 8. The fraction of sp³-hybridized carbons (Fsp3) is 0.281. The monoisotopic (exact) mass is 479 g/mol. The molecular formula is C32H33NO3. The van der Waals surface area contributed by atoms with Crippen molar-refractivity contribution in [2.24, 2.45) is 0 Å². The lowest BCUT2D eigenvalue weighted by atomic mass is 9.82. The quantitative estimate of drug-likeness (QED) is 0.261. The molecule has 0 aliphatic carbocycles. The first-order valence-corrected chi connectivity index (χ1v) is 12.8. The summed E-state index contributed by atoms with van der Waals surface area (Å²) in [7, 11) is 0. The molecule has 4 aromatic rings. The van der Waals surface area contributed by atoms with Crippen LogP contribution < -0.4 is 10.1 Å². The summed E-state index contributed by atoms with van der Waals surface area (Å²) in [5, 5.41) is 15.7. The number of aromatic carboxylic acids is 1. The van der Waals surface area contributed by atoms with Gasteiger partial charge in [0.25, 0.3) is 0 Å². The highest BCUT2D eigenvalue weighted by Gasteiger charge is 2.29. The van der Waals surface area contributed by atoms with E-state index in [9.17, 15) is 9.90 Å². The Morgan fingerprint density at radius 2 is 1.81 bits per heavy atom. The van der Waals surface area contributed by atoms with E-state index in [1.807, 2.05) is 37.3 Å². The fourth-order valence-corrected chi connectivity index (χ4v) is 5.52. The van der Waals surface area contributed by atoms with E-state index in [0.29, 0.717) is 5.56 Å². The Labute approximate surface area is 212 Å². The molecule has 1 aliphatic rings. The van der Waals surface area contributed by atoms with Crippen LogP contribution in [0.25, 0.3) is 10.8 Å². The zero-order chi connectivity index (χ0) is 25.1. The van der Waals surface area contributed by atoms with Crippen molar-refractivity contribution in [2.75, 3.05) is 6.54 Å². The number of carbonyl (C=O) groups is 1. The van der Waals surface area contributed by atoms with Gasteiger partial charge in [-0.05, 0) is 79.3 Å². The van der Waals surface area contributed by atoms with E-state index in [1.165, 1.54) is 21.9 Å². The molecule has 0 saturated heterocycles. The molecule has 1 heterocycles. The zero-order valence-electron chi connectivity index (χ0n) is 20.9. The first-order chi connectivity index (χ1) is 17.5. The number of nitrogens with one attached hydrogen (secondary N) is 1. The van der Waals surface area contributed by atoms with Gasteiger partial charge in [0.2, 0.25) is 0 Å². The number of hydrogen-bond acceptors (Lipinski definition) is 3. The van der Waals surface area contributed by atoms with Crippen LogP contribution in [0.15, 0.2) is 84.9 Å². The Hall–Kier alpha value is -3.63. The van der Waals surface area contributed by atoms with Gasteiger partial charge in [0.15, 0.2) is 0 Å². The molecule has 36 heavy (non-hydrogen) atoms. The molecule has 184 valence electrons. The molecule has 0 saturated carbocycles. The van der Waals surface area contributed by atoms with E-state index in [2.05, 4.69) is 60.8 Å². The molecule has 2 unspecified atom stereocenters. The molecule has 3 atom stereocenters. The maximum absolute atomic E-state index is 11.5. The summed E-state index contributed by atoms with van der Waals surface area (Å²) in [6.07, 6.45) is 3.00. The highest BCUT2D eigenvalue weighted by molar-refractivity contribution is 5.89. The van der Waals surface area contributed by atoms with Crippen LogP contribution in [0, 0.1) is 6.92 Å². The third kappa shape index (κ3) is 5.00. The van der Waals surface area contributed by atoms with Gasteiger partial charge in [0.05, 0.1) is 11.7 Å². The van der Waals surface area contributed by atoms with Crippen LogP contribution in [-0.2, 0) is 0 Å². The number of benzene rings is 4. The maximum Gasteiger partial charge on any atom is 0.335 e. The van der Waals surface area contributed by atoms with Gasteiger partial charge in [-0.3, -0.25) is 0 Å². The Balaban J connectivity index is 1.24. The van der Waals surface area contributed by atoms with Gasteiger partial charge in [0.1, 0.15) is 5.75 Å².